The molecule has 3 unspecified atom stereocenters. The predicted molar refractivity (Wildman–Crippen MR) is 238 cm³/mol. The van der Waals surface area contributed by atoms with Gasteiger partial charge in [-0.15, -0.1) is 0 Å². The lowest BCUT2D eigenvalue weighted by atomic mass is 9.99. The molecule has 2 aromatic carbocycles. The number of benzene rings is 2. The molecule has 2 fully saturated rings. The molecule has 2 saturated heterocycles. The number of nitrogens with one attached hydrogen (secondary N) is 2. The second kappa shape index (κ2) is 29.5. The SMILES string of the molecule is CC=O.CCCC(C)CCC.CCCCCCC.C[C@@H](Cc1ccc(O[C@H]2OC(CO)[C@@H](O)C(O)C2O)cc1)NC(=O)N1CCC(N2CCc3ccccc3NC2=O)CC1. The third-order valence-electron chi connectivity index (χ3n) is 11.0. The molecule has 13 nitrogen and oxygen atoms in total. The molecule has 0 aromatic heterocycles. The van der Waals surface area contributed by atoms with Crippen LogP contribution in [0.1, 0.15) is 130 Å². The van der Waals surface area contributed by atoms with Crippen LogP contribution in [0.15, 0.2) is 48.5 Å². The first-order valence-corrected chi connectivity index (χ1v) is 22.5. The first-order chi connectivity index (χ1) is 28.9. The Morgan fingerprint density at radius 2 is 1.48 bits per heavy atom. The molecule has 0 aliphatic carbocycles. The standard InChI is InChI=1S/C30H40N4O8.C8H18.C7H16.C2H4O/c1-18(16-19-6-8-22(9-7-19)41-28-27(38)26(37)25(36)24(17-35)42-28)31-29(39)33-13-11-21(12-14-33)34-15-10-20-4-2-3-5-23(20)32-30(34)40;1-4-6-8(3)7-5-2;1-3-5-7-6-4-2;1-2-3/h2-9,18,21,24-28,35-38H,10-17H2,1H3,(H,31,39)(H,32,40);8H,4-7H2,1-3H3;3-7H2,1-2H3;2H,1H3/t18-,24?,25+,26?,27?,28-;;;/m0.../s1. The Bertz CT molecular complexity index is 1460. The van der Waals surface area contributed by atoms with Crippen molar-refractivity contribution < 1.29 is 44.3 Å². The summed E-state index contributed by atoms with van der Waals surface area (Å²) in [6.45, 7) is 16.0. The quantitative estimate of drug-likeness (QED) is 0.0784. The van der Waals surface area contributed by atoms with Crippen LogP contribution in [0.3, 0.4) is 0 Å². The number of carbonyl (C=O) groups excluding carboxylic acids is 3. The van der Waals surface area contributed by atoms with Crippen LogP contribution in [0, 0.1) is 5.92 Å². The zero-order valence-electron chi connectivity index (χ0n) is 37.6. The fourth-order valence-electron chi connectivity index (χ4n) is 7.64. The predicted octanol–water partition coefficient (Wildman–Crippen LogP) is 7.47. The number of hydrogen-bond acceptors (Lipinski definition) is 9. The number of aliphatic hydroxyl groups excluding tert-OH is 4. The Kier molecular flexibility index (Phi) is 25.8. The Balaban J connectivity index is 0.000000577. The maximum absolute atomic E-state index is 13.0. The van der Waals surface area contributed by atoms with Crippen LogP contribution in [0.5, 0.6) is 5.75 Å². The third-order valence-corrected chi connectivity index (χ3v) is 11.0. The second-order valence-electron chi connectivity index (χ2n) is 16.2. The molecule has 3 aliphatic rings. The number of carbonyl (C=O) groups is 3. The van der Waals surface area contributed by atoms with E-state index in [-0.39, 0.29) is 24.1 Å². The highest BCUT2D eigenvalue weighted by Gasteiger charge is 2.44. The summed E-state index contributed by atoms with van der Waals surface area (Å²) in [5, 5.41) is 45.5. The molecule has 0 spiro atoms. The maximum atomic E-state index is 13.0. The first kappa shape index (κ1) is 52.4. The van der Waals surface area contributed by atoms with E-state index in [2.05, 4.69) is 45.3 Å². The van der Waals surface area contributed by atoms with E-state index in [4.69, 9.17) is 14.3 Å². The van der Waals surface area contributed by atoms with Gasteiger partial charge in [-0.1, -0.05) is 123 Å². The molecule has 6 atom stereocenters. The summed E-state index contributed by atoms with van der Waals surface area (Å²) in [4.78, 5) is 38.3. The number of likely N-dealkylation sites (tertiary alicyclic amines) is 1. The molecule has 0 bridgehead atoms. The highest BCUT2D eigenvalue weighted by atomic mass is 16.7. The Labute approximate surface area is 360 Å². The molecule has 3 heterocycles. The number of unbranched alkanes of at least 4 members (excludes halogenated alkanes) is 4. The van der Waals surface area contributed by atoms with Gasteiger partial charge in [0.05, 0.1) is 6.61 Å². The number of hydrogen-bond donors (Lipinski definition) is 6. The summed E-state index contributed by atoms with van der Waals surface area (Å²) in [5.74, 6) is 1.34. The number of piperidine rings is 1. The number of amides is 4. The molecule has 2 aromatic rings. The summed E-state index contributed by atoms with van der Waals surface area (Å²) < 4.78 is 11.0. The van der Waals surface area contributed by atoms with E-state index in [9.17, 15) is 30.0 Å². The average Bonchev–Trinajstić information content (AvgIpc) is 3.41. The lowest BCUT2D eigenvalue weighted by Crippen LogP contribution is -2.60. The van der Waals surface area contributed by atoms with Crippen LogP contribution in [0.2, 0.25) is 0 Å². The number of aldehydes is 1. The molecular weight excluding hydrogens is 765 g/mol. The fourth-order valence-corrected chi connectivity index (χ4v) is 7.64. The topological polar surface area (TPSA) is 181 Å². The van der Waals surface area contributed by atoms with E-state index >= 15 is 0 Å². The summed E-state index contributed by atoms with van der Waals surface area (Å²) in [5.41, 5.74) is 2.96. The van der Waals surface area contributed by atoms with Crippen molar-refractivity contribution in [1.82, 2.24) is 15.1 Å². The van der Waals surface area contributed by atoms with Gasteiger partial charge in [-0.05, 0) is 74.8 Å². The summed E-state index contributed by atoms with van der Waals surface area (Å²) >= 11 is 0. The summed E-state index contributed by atoms with van der Waals surface area (Å²) in [6.07, 6.45) is 9.36. The number of anilines is 1. The van der Waals surface area contributed by atoms with Gasteiger partial charge in [0.25, 0.3) is 0 Å². The van der Waals surface area contributed by atoms with Gasteiger partial charge in [0, 0.05) is 37.4 Å². The molecular formula is C47H78N4O9. The van der Waals surface area contributed by atoms with E-state index in [0.717, 1.165) is 48.3 Å². The molecule has 60 heavy (non-hydrogen) atoms. The highest BCUT2D eigenvalue weighted by molar-refractivity contribution is 5.91. The number of nitrogens with zero attached hydrogens (tertiary/aromatic N) is 2. The van der Waals surface area contributed by atoms with Crippen molar-refractivity contribution in [3.63, 3.8) is 0 Å². The van der Waals surface area contributed by atoms with Crippen molar-refractivity contribution in [1.29, 1.82) is 0 Å². The Morgan fingerprint density at radius 3 is 2.05 bits per heavy atom. The lowest BCUT2D eigenvalue weighted by Gasteiger charge is -2.39. The number of urea groups is 2. The molecule has 340 valence electrons. The van der Waals surface area contributed by atoms with E-state index in [1.54, 1.807) is 17.0 Å². The van der Waals surface area contributed by atoms with Gasteiger partial charge >= 0.3 is 12.1 Å². The van der Waals surface area contributed by atoms with Crippen molar-refractivity contribution in [2.24, 2.45) is 5.92 Å². The molecule has 4 amide bonds. The molecule has 0 radical (unpaired) electrons. The van der Waals surface area contributed by atoms with Gasteiger partial charge in [0.2, 0.25) is 6.29 Å². The van der Waals surface area contributed by atoms with Crippen molar-refractivity contribution in [2.75, 3.05) is 31.6 Å². The van der Waals surface area contributed by atoms with Crippen LogP contribution in [-0.4, -0.2) is 118 Å². The van der Waals surface area contributed by atoms with Crippen LogP contribution < -0.4 is 15.4 Å². The molecule has 13 heteroatoms. The third kappa shape index (κ3) is 18.1. The first-order valence-electron chi connectivity index (χ1n) is 22.5. The smallest absolute Gasteiger partial charge is 0.322 e. The molecule has 0 saturated carbocycles. The minimum Gasteiger partial charge on any atom is -0.462 e. The molecule has 6 N–H and O–H groups in total. The van der Waals surface area contributed by atoms with Crippen molar-refractivity contribution in [2.45, 2.75) is 175 Å². The van der Waals surface area contributed by atoms with Crippen molar-refractivity contribution >= 4 is 24.0 Å². The minimum absolute atomic E-state index is 0.0823. The van der Waals surface area contributed by atoms with Gasteiger partial charge < -0.3 is 55.1 Å². The van der Waals surface area contributed by atoms with E-state index in [1.165, 1.54) is 64.7 Å². The van der Waals surface area contributed by atoms with Gasteiger partial charge in [0.1, 0.15) is 36.5 Å². The molecule has 5 rings (SSSR count). The Morgan fingerprint density at radius 1 is 0.883 bits per heavy atom. The van der Waals surface area contributed by atoms with Gasteiger partial charge in [0.15, 0.2) is 0 Å². The van der Waals surface area contributed by atoms with E-state index < -0.39 is 37.3 Å². The zero-order chi connectivity index (χ0) is 44.5. The van der Waals surface area contributed by atoms with E-state index in [0.29, 0.717) is 31.8 Å². The second-order valence-corrected chi connectivity index (χ2v) is 16.2. The number of rotatable bonds is 15. The van der Waals surface area contributed by atoms with Crippen LogP contribution in [0.25, 0.3) is 0 Å². The average molecular weight is 843 g/mol. The minimum atomic E-state index is -1.51. The monoisotopic (exact) mass is 843 g/mol. The van der Waals surface area contributed by atoms with Crippen LogP contribution >= 0.6 is 0 Å². The normalized spacial score (nSPS) is 21.9. The highest BCUT2D eigenvalue weighted by Crippen LogP contribution is 2.26. The Hall–Kier alpha value is -3.75. The van der Waals surface area contributed by atoms with Crippen LogP contribution in [-0.2, 0) is 22.4 Å². The van der Waals surface area contributed by atoms with Gasteiger partial charge in [-0.3, -0.25) is 0 Å². The summed E-state index contributed by atoms with van der Waals surface area (Å²) in [7, 11) is 0. The fraction of sp³-hybridized carbons (Fsp3) is 0.681. The van der Waals surface area contributed by atoms with E-state index in [1.807, 2.05) is 48.2 Å². The van der Waals surface area contributed by atoms with Crippen molar-refractivity contribution in [3.8, 4) is 5.75 Å². The maximum Gasteiger partial charge on any atom is 0.322 e. The van der Waals surface area contributed by atoms with Crippen LogP contribution in [0.4, 0.5) is 15.3 Å². The molecule has 3 aliphatic heterocycles. The number of ether oxygens (including phenoxy) is 2. The zero-order valence-corrected chi connectivity index (χ0v) is 37.6. The largest absolute Gasteiger partial charge is 0.462 e. The number of fused-ring (bicyclic) bond motifs is 1. The number of para-hydroxylation sites is 1. The summed E-state index contributed by atoms with van der Waals surface area (Å²) in [6, 6.07) is 14.7. The van der Waals surface area contributed by atoms with Gasteiger partial charge in [-0.25, -0.2) is 9.59 Å². The van der Waals surface area contributed by atoms with Gasteiger partial charge in [-0.2, -0.15) is 0 Å². The lowest BCUT2D eigenvalue weighted by molar-refractivity contribution is -0.277. The van der Waals surface area contributed by atoms with Crippen molar-refractivity contribution in [3.05, 3.63) is 59.7 Å². The number of aliphatic hydroxyl groups is 4.